The van der Waals surface area contributed by atoms with Gasteiger partial charge in [-0.1, -0.05) is 36.4 Å². The van der Waals surface area contributed by atoms with Gasteiger partial charge < -0.3 is 10.6 Å². The van der Waals surface area contributed by atoms with Crippen LogP contribution < -0.4 is 10.6 Å². The molecule has 28 heavy (non-hydrogen) atoms. The minimum atomic E-state index is -0.650. The van der Waals surface area contributed by atoms with Crippen LogP contribution >= 0.6 is 11.8 Å². The van der Waals surface area contributed by atoms with E-state index in [2.05, 4.69) is 15.6 Å². The fourth-order valence-electron chi connectivity index (χ4n) is 3.10. The van der Waals surface area contributed by atoms with Crippen molar-refractivity contribution in [2.75, 3.05) is 11.1 Å². The van der Waals surface area contributed by atoms with Gasteiger partial charge in [-0.15, -0.1) is 11.8 Å². The fraction of sp³-hybridized carbons (Fsp3) is 0.190. The van der Waals surface area contributed by atoms with Crippen LogP contribution in [0.3, 0.4) is 0 Å². The molecule has 5 nitrogen and oxygen atoms in total. The number of hydrogen-bond donors (Lipinski definition) is 2. The summed E-state index contributed by atoms with van der Waals surface area (Å²) in [5, 5.41) is 6.07. The second-order valence-electron chi connectivity index (χ2n) is 6.56. The lowest BCUT2D eigenvalue weighted by molar-refractivity contribution is -0.126. The van der Waals surface area contributed by atoms with Gasteiger partial charge in [-0.25, -0.2) is 9.37 Å². The molecule has 0 spiro atoms. The molecule has 142 valence electrons. The lowest BCUT2D eigenvalue weighted by Crippen LogP contribution is -2.52. The lowest BCUT2D eigenvalue weighted by atomic mass is 10.1. The number of carbonyl (C=O) groups is 2. The van der Waals surface area contributed by atoms with Gasteiger partial charge in [0.15, 0.2) is 0 Å². The molecule has 7 heteroatoms. The van der Waals surface area contributed by atoms with Gasteiger partial charge in [-0.3, -0.25) is 9.59 Å². The highest BCUT2D eigenvalue weighted by molar-refractivity contribution is 8.00. The quantitative estimate of drug-likeness (QED) is 0.712. The predicted molar refractivity (Wildman–Crippen MR) is 109 cm³/mol. The first kappa shape index (κ1) is 18.4. The Kier molecular flexibility index (Phi) is 5.25. The third-order valence-corrected chi connectivity index (χ3v) is 5.91. The summed E-state index contributed by atoms with van der Waals surface area (Å²) >= 11 is 1.36. The molecular weight excluding hydrogens is 377 g/mol. The SMILES string of the molecule is O=C(Nc1ccc2ccccc2n1)[C@H]1CS[C@H](Cc2ccccc2F)C(=O)N1. The van der Waals surface area contributed by atoms with Gasteiger partial charge in [0.25, 0.3) is 0 Å². The van der Waals surface area contributed by atoms with Crippen molar-refractivity contribution in [3.8, 4) is 0 Å². The molecule has 0 saturated carbocycles. The van der Waals surface area contributed by atoms with E-state index in [9.17, 15) is 14.0 Å². The van der Waals surface area contributed by atoms with Gasteiger partial charge >= 0.3 is 0 Å². The molecule has 2 atom stereocenters. The maximum Gasteiger partial charge on any atom is 0.248 e. The van der Waals surface area contributed by atoms with Crippen molar-refractivity contribution in [1.82, 2.24) is 10.3 Å². The number of benzene rings is 2. The number of thioether (sulfide) groups is 1. The zero-order chi connectivity index (χ0) is 19.5. The van der Waals surface area contributed by atoms with Crippen molar-refractivity contribution in [3.63, 3.8) is 0 Å². The summed E-state index contributed by atoms with van der Waals surface area (Å²) in [5.41, 5.74) is 1.28. The normalized spacial score (nSPS) is 19.2. The molecule has 0 unspecified atom stereocenters. The summed E-state index contributed by atoms with van der Waals surface area (Å²) in [7, 11) is 0. The maximum atomic E-state index is 13.8. The average Bonchev–Trinajstić information content (AvgIpc) is 2.71. The summed E-state index contributed by atoms with van der Waals surface area (Å²) < 4.78 is 13.8. The molecule has 1 aromatic heterocycles. The number of nitrogens with one attached hydrogen (secondary N) is 2. The first-order chi connectivity index (χ1) is 13.6. The Labute approximate surface area is 165 Å². The van der Waals surface area contributed by atoms with E-state index in [0.717, 1.165) is 10.9 Å². The van der Waals surface area contributed by atoms with Crippen molar-refractivity contribution >= 4 is 40.3 Å². The van der Waals surface area contributed by atoms with E-state index in [1.807, 2.05) is 30.3 Å². The van der Waals surface area contributed by atoms with Gasteiger partial charge in [0.05, 0.1) is 10.8 Å². The number of fused-ring (bicyclic) bond motifs is 1. The van der Waals surface area contributed by atoms with Crippen molar-refractivity contribution < 1.29 is 14.0 Å². The molecule has 0 radical (unpaired) electrons. The number of amides is 2. The Morgan fingerprint density at radius 1 is 1.14 bits per heavy atom. The van der Waals surface area contributed by atoms with E-state index in [-0.39, 0.29) is 17.6 Å². The van der Waals surface area contributed by atoms with Crippen LogP contribution in [0, 0.1) is 5.82 Å². The number of aromatic nitrogens is 1. The molecular formula is C21H18FN3O2S. The van der Waals surface area contributed by atoms with Crippen LogP contribution in [0.4, 0.5) is 10.2 Å². The molecule has 2 N–H and O–H groups in total. The highest BCUT2D eigenvalue weighted by Crippen LogP contribution is 2.24. The monoisotopic (exact) mass is 395 g/mol. The topological polar surface area (TPSA) is 71.1 Å². The summed E-state index contributed by atoms with van der Waals surface area (Å²) in [6.07, 6.45) is 0.295. The molecule has 1 aliphatic rings. The van der Waals surface area contributed by atoms with Gasteiger partial charge in [-0.2, -0.15) is 0 Å². The van der Waals surface area contributed by atoms with E-state index in [1.54, 1.807) is 24.3 Å². The zero-order valence-electron chi connectivity index (χ0n) is 14.9. The van der Waals surface area contributed by atoms with Crippen LogP contribution in [-0.4, -0.2) is 33.8 Å². The van der Waals surface area contributed by atoms with E-state index in [1.165, 1.54) is 17.8 Å². The number of hydrogen-bond acceptors (Lipinski definition) is 4. The van der Waals surface area contributed by atoms with Crippen LogP contribution in [0.5, 0.6) is 0 Å². The third kappa shape index (κ3) is 3.99. The summed E-state index contributed by atoms with van der Waals surface area (Å²) in [4.78, 5) is 29.3. The van der Waals surface area contributed by atoms with Gasteiger partial charge in [0.1, 0.15) is 17.7 Å². The molecule has 2 heterocycles. The van der Waals surface area contributed by atoms with Gasteiger partial charge in [0, 0.05) is 11.1 Å². The van der Waals surface area contributed by atoms with Crippen LogP contribution in [0.15, 0.2) is 60.7 Å². The number of pyridine rings is 1. The highest BCUT2D eigenvalue weighted by Gasteiger charge is 2.33. The number of rotatable bonds is 4. The number of nitrogens with zero attached hydrogens (tertiary/aromatic N) is 1. The predicted octanol–water partition coefficient (Wildman–Crippen LogP) is 3.16. The zero-order valence-corrected chi connectivity index (χ0v) is 15.7. The molecule has 1 saturated heterocycles. The van der Waals surface area contributed by atoms with Gasteiger partial charge in [0.2, 0.25) is 11.8 Å². The molecule has 4 rings (SSSR count). The molecule has 1 aliphatic heterocycles. The fourth-order valence-corrected chi connectivity index (χ4v) is 4.28. The molecule has 2 amide bonds. The number of para-hydroxylation sites is 1. The van der Waals surface area contributed by atoms with E-state index in [0.29, 0.717) is 23.6 Å². The largest absolute Gasteiger partial charge is 0.343 e. The average molecular weight is 395 g/mol. The van der Waals surface area contributed by atoms with Crippen LogP contribution in [0.2, 0.25) is 0 Å². The Morgan fingerprint density at radius 3 is 2.75 bits per heavy atom. The Balaban J connectivity index is 1.38. The lowest BCUT2D eigenvalue weighted by Gasteiger charge is -2.28. The number of anilines is 1. The molecule has 2 aromatic carbocycles. The van der Waals surface area contributed by atoms with Crippen molar-refractivity contribution in [2.45, 2.75) is 17.7 Å². The molecule has 0 aliphatic carbocycles. The first-order valence-corrected chi connectivity index (χ1v) is 9.97. The van der Waals surface area contributed by atoms with Crippen molar-refractivity contribution in [2.24, 2.45) is 0 Å². The third-order valence-electron chi connectivity index (χ3n) is 4.60. The van der Waals surface area contributed by atoms with Crippen LogP contribution in [0.25, 0.3) is 10.9 Å². The van der Waals surface area contributed by atoms with Crippen LogP contribution in [-0.2, 0) is 16.0 Å². The summed E-state index contributed by atoms with van der Waals surface area (Å²) in [6, 6.07) is 17.0. The Hall–Kier alpha value is -2.93. The van der Waals surface area contributed by atoms with Crippen molar-refractivity contribution in [3.05, 3.63) is 72.0 Å². The number of carbonyl (C=O) groups excluding carboxylic acids is 2. The second-order valence-corrected chi connectivity index (χ2v) is 7.79. The minimum absolute atomic E-state index is 0.258. The summed E-state index contributed by atoms with van der Waals surface area (Å²) in [6.45, 7) is 0. The molecule has 1 fully saturated rings. The van der Waals surface area contributed by atoms with Crippen molar-refractivity contribution in [1.29, 1.82) is 0 Å². The standard InChI is InChI=1S/C21H18FN3O2S/c22-15-7-3-1-6-14(15)11-18-21(27)24-17(12-28-18)20(26)25-19-10-9-13-5-2-4-8-16(13)23-19/h1-10,17-18H,11-12H2,(H,24,27)(H,23,25,26)/t17-,18-/m1/s1. The first-order valence-electron chi connectivity index (χ1n) is 8.92. The van der Waals surface area contributed by atoms with E-state index >= 15 is 0 Å². The number of halogens is 1. The maximum absolute atomic E-state index is 13.8. The van der Waals surface area contributed by atoms with E-state index in [4.69, 9.17) is 0 Å². The highest BCUT2D eigenvalue weighted by atomic mass is 32.2. The second kappa shape index (κ2) is 7.98. The van der Waals surface area contributed by atoms with E-state index < -0.39 is 11.3 Å². The Morgan fingerprint density at radius 2 is 1.93 bits per heavy atom. The van der Waals surface area contributed by atoms with Crippen LogP contribution in [0.1, 0.15) is 5.56 Å². The summed E-state index contributed by atoms with van der Waals surface area (Å²) in [5.74, 6) is -0.0294. The minimum Gasteiger partial charge on any atom is -0.343 e. The Bertz CT molecular complexity index is 1040. The molecule has 0 bridgehead atoms. The molecule has 3 aromatic rings. The van der Waals surface area contributed by atoms with Gasteiger partial charge in [-0.05, 0) is 36.2 Å². The smallest absolute Gasteiger partial charge is 0.248 e.